The van der Waals surface area contributed by atoms with Gasteiger partial charge in [-0.15, -0.1) is 24.0 Å². The van der Waals surface area contributed by atoms with Crippen LogP contribution in [0.25, 0.3) is 0 Å². The number of guanidine groups is 1. The minimum Gasteiger partial charge on any atom is -0.497 e. The summed E-state index contributed by atoms with van der Waals surface area (Å²) in [6.07, 6.45) is 4.97. The summed E-state index contributed by atoms with van der Waals surface area (Å²) in [5.41, 5.74) is 1.23. The van der Waals surface area contributed by atoms with Gasteiger partial charge in [0.15, 0.2) is 5.96 Å². The van der Waals surface area contributed by atoms with E-state index in [1.54, 1.807) is 19.6 Å². The number of aromatic nitrogens is 2. The van der Waals surface area contributed by atoms with Crippen molar-refractivity contribution in [3.8, 4) is 5.75 Å². The van der Waals surface area contributed by atoms with Gasteiger partial charge in [0.25, 0.3) is 0 Å². The Hall–Kier alpha value is -2.20. The molecule has 0 saturated heterocycles. The maximum absolute atomic E-state index is 6.12. The molecule has 168 valence electrons. The number of rotatable bonds is 9. The van der Waals surface area contributed by atoms with E-state index in [9.17, 15) is 0 Å². The quantitative estimate of drug-likeness (QED) is 0.243. The van der Waals surface area contributed by atoms with Gasteiger partial charge in [-0.3, -0.25) is 4.99 Å². The molecule has 0 unspecified atom stereocenters. The number of halogens is 2. The van der Waals surface area contributed by atoms with Crippen molar-refractivity contribution in [2.45, 2.75) is 19.4 Å². The van der Waals surface area contributed by atoms with E-state index in [2.05, 4.69) is 27.3 Å². The van der Waals surface area contributed by atoms with Crippen molar-refractivity contribution in [1.82, 2.24) is 19.8 Å². The molecule has 0 radical (unpaired) electrons. The predicted octanol–water partition coefficient (Wildman–Crippen LogP) is 4.16. The Morgan fingerprint density at radius 3 is 2.65 bits per heavy atom. The van der Waals surface area contributed by atoms with E-state index in [4.69, 9.17) is 25.7 Å². The van der Waals surface area contributed by atoms with Crippen LogP contribution in [0, 0.1) is 0 Å². The fraction of sp³-hybridized carbons (Fsp3) is 0.364. The summed E-state index contributed by atoms with van der Waals surface area (Å²) in [6.45, 7) is 1.99. The van der Waals surface area contributed by atoms with E-state index < -0.39 is 0 Å². The van der Waals surface area contributed by atoms with Crippen molar-refractivity contribution in [3.05, 3.63) is 71.2 Å². The number of hydrogen-bond donors (Lipinski definition) is 1. The molecule has 1 N–H and O–H groups in total. The molecular weight excluding hydrogens is 529 g/mol. The lowest BCUT2D eigenvalue weighted by Gasteiger charge is -2.22. The Kier molecular flexibility index (Phi) is 10.2. The molecule has 0 saturated carbocycles. The largest absolute Gasteiger partial charge is 0.497 e. The fourth-order valence-electron chi connectivity index (χ4n) is 3.01. The smallest absolute Gasteiger partial charge is 0.194 e. The Balaban J connectivity index is 0.00000341. The summed E-state index contributed by atoms with van der Waals surface area (Å²) in [5.74, 6) is 3.47. The predicted molar refractivity (Wildman–Crippen MR) is 135 cm³/mol. The number of benzene rings is 1. The number of nitrogens with zero attached hydrogens (tertiary/aromatic N) is 4. The first-order valence-corrected chi connectivity index (χ1v) is 10.3. The van der Waals surface area contributed by atoms with Crippen LogP contribution in [0.3, 0.4) is 0 Å². The maximum Gasteiger partial charge on any atom is 0.194 e. The van der Waals surface area contributed by atoms with Crippen LogP contribution in [-0.4, -0.2) is 47.7 Å². The van der Waals surface area contributed by atoms with Crippen LogP contribution in [0.4, 0.5) is 0 Å². The first-order chi connectivity index (χ1) is 14.6. The molecule has 7 nitrogen and oxygen atoms in total. The van der Waals surface area contributed by atoms with Gasteiger partial charge in [0.2, 0.25) is 0 Å². The standard InChI is InChI=1S/C22H28ClN5O2.HI/c1-27(16-21-26-15-20(23)28(21)2)22(25-13-11-19-5-4-14-30-19)24-12-10-17-6-8-18(29-3)9-7-17;/h4-9,14-15H,10-13,16H2,1-3H3,(H,24,25);1H. The average Bonchev–Trinajstić information content (AvgIpc) is 3.38. The summed E-state index contributed by atoms with van der Waals surface area (Å²) >= 11 is 6.12. The molecule has 0 aliphatic heterocycles. The van der Waals surface area contributed by atoms with Gasteiger partial charge >= 0.3 is 0 Å². The second kappa shape index (κ2) is 12.6. The molecule has 0 aliphatic rings. The van der Waals surface area contributed by atoms with Crippen molar-refractivity contribution < 1.29 is 9.15 Å². The molecule has 0 aliphatic carbocycles. The molecule has 0 bridgehead atoms. The summed E-state index contributed by atoms with van der Waals surface area (Å²) in [5, 5.41) is 4.08. The lowest BCUT2D eigenvalue weighted by atomic mass is 10.1. The normalized spacial score (nSPS) is 11.2. The third kappa shape index (κ3) is 7.46. The molecule has 0 fully saturated rings. The number of imidazole rings is 1. The fourth-order valence-corrected chi connectivity index (χ4v) is 3.15. The zero-order chi connectivity index (χ0) is 21.3. The summed E-state index contributed by atoms with van der Waals surface area (Å²) in [7, 11) is 5.57. The Morgan fingerprint density at radius 1 is 1.26 bits per heavy atom. The summed E-state index contributed by atoms with van der Waals surface area (Å²) in [6, 6.07) is 12.0. The monoisotopic (exact) mass is 557 g/mol. The highest BCUT2D eigenvalue weighted by Gasteiger charge is 2.12. The van der Waals surface area contributed by atoms with Crippen LogP contribution in [0.15, 0.2) is 58.3 Å². The lowest BCUT2D eigenvalue weighted by Crippen LogP contribution is -2.40. The van der Waals surface area contributed by atoms with E-state index in [1.807, 2.05) is 42.9 Å². The average molecular weight is 558 g/mol. The van der Waals surface area contributed by atoms with Gasteiger partial charge in [0, 0.05) is 33.6 Å². The third-order valence-electron chi connectivity index (χ3n) is 4.82. The summed E-state index contributed by atoms with van der Waals surface area (Å²) in [4.78, 5) is 11.2. The van der Waals surface area contributed by atoms with E-state index in [0.717, 1.165) is 42.7 Å². The van der Waals surface area contributed by atoms with Crippen LogP contribution in [0.5, 0.6) is 5.75 Å². The number of ether oxygens (including phenoxy) is 1. The molecule has 3 aromatic rings. The van der Waals surface area contributed by atoms with Gasteiger partial charge in [-0.2, -0.15) is 0 Å². The zero-order valence-corrected chi connectivity index (χ0v) is 21.1. The van der Waals surface area contributed by atoms with Gasteiger partial charge < -0.3 is 23.9 Å². The van der Waals surface area contributed by atoms with Crippen molar-refractivity contribution in [2.24, 2.45) is 12.0 Å². The molecule has 2 aromatic heterocycles. The summed E-state index contributed by atoms with van der Waals surface area (Å²) < 4.78 is 12.5. The molecule has 0 spiro atoms. The van der Waals surface area contributed by atoms with E-state index in [0.29, 0.717) is 18.2 Å². The van der Waals surface area contributed by atoms with Crippen molar-refractivity contribution in [1.29, 1.82) is 0 Å². The van der Waals surface area contributed by atoms with E-state index in [1.165, 1.54) is 5.56 Å². The topological polar surface area (TPSA) is 67.8 Å². The van der Waals surface area contributed by atoms with Crippen molar-refractivity contribution in [3.63, 3.8) is 0 Å². The third-order valence-corrected chi connectivity index (χ3v) is 5.17. The highest BCUT2D eigenvalue weighted by atomic mass is 127. The van der Waals surface area contributed by atoms with Gasteiger partial charge in [-0.1, -0.05) is 23.7 Å². The number of hydrogen-bond acceptors (Lipinski definition) is 4. The van der Waals surface area contributed by atoms with Crippen molar-refractivity contribution in [2.75, 3.05) is 27.2 Å². The second-order valence-electron chi connectivity index (χ2n) is 6.97. The van der Waals surface area contributed by atoms with E-state index >= 15 is 0 Å². The second-order valence-corrected chi connectivity index (χ2v) is 7.36. The number of aliphatic imine (C=N–C) groups is 1. The SMILES string of the molecule is COc1ccc(CCNC(=NCCc2ccco2)N(C)Cc2ncc(Cl)n2C)cc1.I. The first kappa shape index (κ1) is 25.1. The molecule has 9 heteroatoms. The minimum atomic E-state index is 0. The van der Waals surface area contributed by atoms with Crippen molar-refractivity contribution >= 4 is 41.5 Å². The molecule has 0 atom stereocenters. The molecule has 31 heavy (non-hydrogen) atoms. The molecule has 1 aromatic carbocycles. The first-order valence-electron chi connectivity index (χ1n) is 9.87. The van der Waals surface area contributed by atoms with E-state index in [-0.39, 0.29) is 24.0 Å². The van der Waals surface area contributed by atoms with Crippen LogP contribution >= 0.6 is 35.6 Å². The Morgan fingerprint density at radius 2 is 2.03 bits per heavy atom. The lowest BCUT2D eigenvalue weighted by molar-refractivity contribution is 0.414. The molecular formula is C22H29ClIN5O2. The van der Waals surface area contributed by atoms with Gasteiger partial charge in [0.1, 0.15) is 22.5 Å². The van der Waals surface area contributed by atoms with Crippen LogP contribution in [0.2, 0.25) is 5.15 Å². The maximum atomic E-state index is 6.12. The highest BCUT2D eigenvalue weighted by molar-refractivity contribution is 14.0. The minimum absolute atomic E-state index is 0. The van der Waals surface area contributed by atoms with Crippen LogP contribution in [-0.2, 0) is 26.4 Å². The zero-order valence-electron chi connectivity index (χ0n) is 18.0. The number of methoxy groups -OCH3 is 1. The molecule has 0 amide bonds. The van der Waals surface area contributed by atoms with Gasteiger partial charge in [0.05, 0.1) is 26.1 Å². The van der Waals surface area contributed by atoms with Gasteiger partial charge in [-0.05, 0) is 36.2 Å². The number of furan rings is 1. The Labute approximate surface area is 205 Å². The molecule has 3 rings (SSSR count). The van der Waals surface area contributed by atoms with Crippen LogP contribution < -0.4 is 10.1 Å². The van der Waals surface area contributed by atoms with Gasteiger partial charge in [-0.25, -0.2) is 4.98 Å². The number of nitrogens with one attached hydrogen (secondary N) is 1. The highest BCUT2D eigenvalue weighted by Crippen LogP contribution is 2.12. The Bertz CT molecular complexity index is 941. The molecule has 2 heterocycles. The van der Waals surface area contributed by atoms with Crippen LogP contribution in [0.1, 0.15) is 17.1 Å².